The Hall–Kier alpha value is -1.07. The molecule has 1 aromatic rings. The Kier molecular flexibility index (Phi) is 4.24. The number of hydrogen-bond donors (Lipinski definition) is 1. The molecule has 1 fully saturated rings. The van der Waals surface area contributed by atoms with Gasteiger partial charge in [0.15, 0.2) is 5.75 Å². The predicted octanol–water partition coefficient (Wildman–Crippen LogP) is 1.90. The van der Waals surface area contributed by atoms with Crippen LogP contribution >= 0.6 is 0 Å². The predicted molar refractivity (Wildman–Crippen MR) is 67.6 cm³/mol. The molecule has 2 rings (SSSR count). The molecule has 1 aliphatic heterocycles. The molecule has 1 aliphatic rings. The number of aryl methyl sites for hydroxylation is 1. The van der Waals surface area contributed by atoms with E-state index >= 15 is 0 Å². The summed E-state index contributed by atoms with van der Waals surface area (Å²) in [4.78, 5) is 0. The summed E-state index contributed by atoms with van der Waals surface area (Å²) in [5.74, 6) is 0.638. The van der Waals surface area contributed by atoms with E-state index in [4.69, 9.17) is 9.47 Å². The van der Waals surface area contributed by atoms with Crippen LogP contribution in [0.5, 0.6) is 5.75 Å². The molecule has 0 saturated carbocycles. The van der Waals surface area contributed by atoms with Gasteiger partial charge in [-0.25, -0.2) is 0 Å². The van der Waals surface area contributed by atoms with Crippen LogP contribution < -0.4 is 4.74 Å². The summed E-state index contributed by atoms with van der Waals surface area (Å²) >= 11 is 0. The third kappa shape index (κ3) is 2.52. The van der Waals surface area contributed by atoms with Gasteiger partial charge in [-0.1, -0.05) is 6.92 Å². The Morgan fingerprint density at radius 2 is 2.39 bits per heavy atom. The largest absolute Gasteiger partial charge is 0.493 e. The highest BCUT2D eigenvalue weighted by Gasteiger charge is 2.33. The van der Waals surface area contributed by atoms with Crippen molar-refractivity contribution in [1.29, 1.82) is 0 Å². The first-order chi connectivity index (χ1) is 8.67. The maximum Gasteiger partial charge on any atom is 0.162 e. The van der Waals surface area contributed by atoms with Crippen molar-refractivity contribution < 1.29 is 14.6 Å². The van der Waals surface area contributed by atoms with E-state index in [0.29, 0.717) is 5.75 Å². The highest BCUT2D eigenvalue weighted by molar-refractivity contribution is 5.28. The van der Waals surface area contributed by atoms with Gasteiger partial charge in [0.25, 0.3) is 0 Å². The maximum atomic E-state index is 10.5. The van der Waals surface area contributed by atoms with Gasteiger partial charge >= 0.3 is 0 Å². The van der Waals surface area contributed by atoms with Crippen LogP contribution in [0.25, 0.3) is 0 Å². The first kappa shape index (κ1) is 13.4. The van der Waals surface area contributed by atoms with Crippen molar-refractivity contribution in [2.75, 3.05) is 7.11 Å². The van der Waals surface area contributed by atoms with E-state index in [-0.39, 0.29) is 12.2 Å². The van der Waals surface area contributed by atoms with Gasteiger partial charge in [0.2, 0.25) is 0 Å². The lowest BCUT2D eigenvalue weighted by atomic mass is 10.1. The molecule has 0 aliphatic carbocycles. The van der Waals surface area contributed by atoms with Crippen molar-refractivity contribution in [3.8, 4) is 5.75 Å². The van der Waals surface area contributed by atoms with Gasteiger partial charge in [-0.2, -0.15) is 5.10 Å². The van der Waals surface area contributed by atoms with Gasteiger partial charge < -0.3 is 14.6 Å². The highest BCUT2D eigenvalue weighted by Crippen LogP contribution is 2.34. The summed E-state index contributed by atoms with van der Waals surface area (Å²) in [5, 5.41) is 14.7. The van der Waals surface area contributed by atoms with Gasteiger partial charge in [0, 0.05) is 6.54 Å². The highest BCUT2D eigenvalue weighted by atomic mass is 16.5. The molecular weight excluding hydrogens is 232 g/mol. The van der Waals surface area contributed by atoms with E-state index in [2.05, 4.69) is 12.0 Å². The lowest BCUT2D eigenvalue weighted by molar-refractivity contribution is -0.0340. The zero-order chi connectivity index (χ0) is 13.1. The average molecular weight is 254 g/mol. The van der Waals surface area contributed by atoms with Gasteiger partial charge in [-0.3, -0.25) is 4.68 Å². The minimum atomic E-state index is -0.668. The number of aliphatic hydroxyl groups excluding tert-OH is 1. The Morgan fingerprint density at radius 3 is 2.94 bits per heavy atom. The number of hydrogen-bond acceptors (Lipinski definition) is 4. The summed E-state index contributed by atoms with van der Waals surface area (Å²) in [7, 11) is 1.60. The number of ether oxygens (including phenoxy) is 2. The van der Waals surface area contributed by atoms with E-state index in [1.807, 2.05) is 11.6 Å². The topological polar surface area (TPSA) is 56.5 Å². The molecule has 0 aromatic carbocycles. The number of methoxy groups -OCH3 is 1. The van der Waals surface area contributed by atoms with Crippen LogP contribution in [0, 0.1) is 0 Å². The van der Waals surface area contributed by atoms with Gasteiger partial charge in [0.1, 0.15) is 11.8 Å². The SMILES string of the molecule is CCCn1ncc(OC)c1C(O)C1CCC(C)O1. The fraction of sp³-hybridized carbons (Fsp3) is 0.769. The minimum absolute atomic E-state index is 0.152. The normalized spacial score (nSPS) is 25.3. The first-order valence-electron chi connectivity index (χ1n) is 6.60. The fourth-order valence-corrected chi connectivity index (χ4v) is 2.47. The van der Waals surface area contributed by atoms with Crippen LogP contribution in [0.1, 0.15) is 44.9 Å². The van der Waals surface area contributed by atoms with Crippen molar-refractivity contribution in [3.63, 3.8) is 0 Å². The lowest BCUT2D eigenvalue weighted by Gasteiger charge is -2.20. The molecule has 1 aromatic heterocycles. The number of aromatic nitrogens is 2. The average Bonchev–Trinajstić information content (AvgIpc) is 2.95. The van der Waals surface area contributed by atoms with Crippen molar-refractivity contribution in [1.82, 2.24) is 9.78 Å². The van der Waals surface area contributed by atoms with Crippen LogP contribution in [-0.4, -0.2) is 34.2 Å². The third-order valence-electron chi connectivity index (χ3n) is 3.40. The van der Waals surface area contributed by atoms with Crippen molar-refractivity contribution in [2.24, 2.45) is 0 Å². The summed E-state index contributed by atoms with van der Waals surface area (Å²) in [6.07, 6.45) is 3.90. The van der Waals surface area contributed by atoms with E-state index < -0.39 is 6.10 Å². The molecule has 5 nitrogen and oxygen atoms in total. The molecular formula is C13H22N2O3. The number of aliphatic hydroxyl groups is 1. The molecule has 1 saturated heterocycles. The van der Waals surface area contributed by atoms with E-state index in [1.54, 1.807) is 13.3 Å². The van der Waals surface area contributed by atoms with Crippen LogP contribution in [0.15, 0.2) is 6.20 Å². The standard InChI is InChI=1S/C13H22N2O3/c1-4-7-15-12(11(17-3)8-14-15)13(16)10-6-5-9(2)18-10/h8-10,13,16H,4-7H2,1-3H3. The Bertz CT molecular complexity index is 392. The molecule has 1 N–H and O–H groups in total. The quantitative estimate of drug-likeness (QED) is 0.872. The molecule has 5 heteroatoms. The molecule has 3 atom stereocenters. The molecule has 102 valence electrons. The summed E-state index contributed by atoms with van der Waals surface area (Å²) < 4.78 is 12.8. The second-order valence-corrected chi connectivity index (χ2v) is 4.83. The van der Waals surface area contributed by atoms with Crippen LogP contribution in [0.3, 0.4) is 0 Å². The van der Waals surface area contributed by atoms with Gasteiger partial charge in [-0.15, -0.1) is 0 Å². The minimum Gasteiger partial charge on any atom is -0.493 e. The molecule has 0 bridgehead atoms. The number of rotatable bonds is 5. The van der Waals surface area contributed by atoms with Gasteiger partial charge in [0.05, 0.1) is 25.5 Å². The summed E-state index contributed by atoms with van der Waals surface area (Å²) in [5.41, 5.74) is 0.735. The summed E-state index contributed by atoms with van der Waals surface area (Å²) in [6.45, 7) is 4.89. The molecule has 0 radical (unpaired) electrons. The first-order valence-corrected chi connectivity index (χ1v) is 6.60. The number of nitrogens with zero attached hydrogens (tertiary/aromatic N) is 2. The third-order valence-corrected chi connectivity index (χ3v) is 3.40. The van der Waals surface area contributed by atoms with E-state index in [1.165, 1.54) is 0 Å². The molecule has 18 heavy (non-hydrogen) atoms. The monoisotopic (exact) mass is 254 g/mol. The Labute approximate surface area is 108 Å². The maximum absolute atomic E-state index is 10.5. The second kappa shape index (κ2) is 5.71. The molecule has 3 unspecified atom stereocenters. The molecule has 0 amide bonds. The van der Waals surface area contributed by atoms with Crippen molar-refractivity contribution >= 4 is 0 Å². The van der Waals surface area contributed by atoms with Crippen molar-refractivity contribution in [3.05, 3.63) is 11.9 Å². The smallest absolute Gasteiger partial charge is 0.162 e. The zero-order valence-electron chi connectivity index (χ0n) is 11.3. The van der Waals surface area contributed by atoms with Crippen LogP contribution in [-0.2, 0) is 11.3 Å². The Morgan fingerprint density at radius 1 is 1.61 bits per heavy atom. The van der Waals surface area contributed by atoms with E-state index in [0.717, 1.165) is 31.5 Å². The Balaban J connectivity index is 2.21. The second-order valence-electron chi connectivity index (χ2n) is 4.83. The van der Waals surface area contributed by atoms with E-state index in [9.17, 15) is 5.11 Å². The van der Waals surface area contributed by atoms with Crippen LogP contribution in [0.2, 0.25) is 0 Å². The molecule has 2 heterocycles. The molecule has 0 spiro atoms. The van der Waals surface area contributed by atoms with Crippen LogP contribution in [0.4, 0.5) is 0 Å². The van der Waals surface area contributed by atoms with Crippen molar-refractivity contribution in [2.45, 2.75) is 58.0 Å². The lowest BCUT2D eigenvalue weighted by Crippen LogP contribution is -2.22. The zero-order valence-corrected chi connectivity index (χ0v) is 11.3. The summed E-state index contributed by atoms with van der Waals surface area (Å²) in [6, 6.07) is 0. The van der Waals surface area contributed by atoms with Gasteiger partial charge in [-0.05, 0) is 26.2 Å². The fourth-order valence-electron chi connectivity index (χ4n) is 2.47.